The van der Waals surface area contributed by atoms with Gasteiger partial charge in [-0.2, -0.15) is 0 Å². The maximum atomic E-state index is 13.7. The fraction of sp³-hybridized carbons (Fsp3) is 0.231. The fourth-order valence-electron chi connectivity index (χ4n) is 5.27. The van der Waals surface area contributed by atoms with Crippen molar-refractivity contribution in [3.05, 3.63) is 101 Å². The van der Waals surface area contributed by atoms with E-state index < -0.39 is 0 Å². The highest BCUT2D eigenvalue weighted by Crippen LogP contribution is 2.53. The van der Waals surface area contributed by atoms with E-state index >= 15 is 0 Å². The molecule has 1 heterocycles. The highest BCUT2D eigenvalue weighted by molar-refractivity contribution is 6.30. The summed E-state index contributed by atoms with van der Waals surface area (Å²) < 4.78 is 0. The first-order chi connectivity index (χ1) is 14.6. The quantitative estimate of drug-likeness (QED) is 0.506. The zero-order valence-corrected chi connectivity index (χ0v) is 17.2. The van der Waals surface area contributed by atoms with E-state index in [0.29, 0.717) is 10.7 Å². The van der Waals surface area contributed by atoms with E-state index in [1.165, 1.54) is 4.90 Å². The van der Waals surface area contributed by atoms with Gasteiger partial charge in [-0.3, -0.25) is 14.5 Å². The van der Waals surface area contributed by atoms with E-state index in [1.807, 2.05) is 36.4 Å². The first-order valence-corrected chi connectivity index (χ1v) is 10.8. The van der Waals surface area contributed by atoms with Gasteiger partial charge in [0.2, 0.25) is 11.8 Å². The molecule has 1 aliphatic heterocycles. The summed E-state index contributed by atoms with van der Waals surface area (Å²) in [6.45, 7) is 0. The van der Waals surface area contributed by atoms with Gasteiger partial charge in [-0.05, 0) is 60.1 Å². The van der Waals surface area contributed by atoms with Gasteiger partial charge in [-0.25, -0.2) is 0 Å². The van der Waals surface area contributed by atoms with Crippen LogP contribution < -0.4 is 4.90 Å². The lowest BCUT2D eigenvalue weighted by Gasteiger charge is -2.37. The number of anilines is 1. The average molecular weight is 416 g/mol. The maximum absolute atomic E-state index is 13.7. The van der Waals surface area contributed by atoms with Gasteiger partial charge in [0.1, 0.15) is 0 Å². The molecule has 3 aromatic carbocycles. The second kappa shape index (κ2) is 7.73. The molecule has 1 saturated heterocycles. The molecule has 5 rings (SSSR count). The van der Waals surface area contributed by atoms with E-state index in [0.717, 1.165) is 24.0 Å². The van der Waals surface area contributed by atoms with Crippen molar-refractivity contribution in [3.8, 4) is 0 Å². The third kappa shape index (κ3) is 3.14. The summed E-state index contributed by atoms with van der Waals surface area (Å²) in [6.07, 6.45) is 1.77. The van der Waals surface area contributed by atoms with Gasteiger partial charge in [-0.1, -0.05) is 72.3 Å². The zero-order valence-electron chi connectivity index (χ0n) is 16.4. The van der Waals surface area contributed by atoms with E-state index in [1.54, 1.807) is 24.3 Å². The fourth-order valence-corrected chi connectivity index (χ4v) is 5.40. The summed E-state index contributed by atoms with van der Waals surface area (Å²) >= 11 is 6.03. The number of nitrogens with zero attached hydrogens (tertiary/aromatic N) is 1. The minimum absolute atomic E-state index is 0.0462. The molecule has 3 aromatic rings. The number of fused-ring (bicyclic) bond motifs is 1. The van der Waals surface area contributed by atoms with Crippen LogP contribution in [0.1, 0.15) is 35.8 Å². The van der Waals surface area contributed by atoms with Crippen LogP contribution in [0.4, 0.5) is 5.69 Å². The molecule has 0 unspecified atom stereocenters. The molecule has 0 aromatic heterocycles. The van der Waals surface area contributed by atoms with Gasteiger partial charge in [-0.15, -0.1) is 0 Å². The van der Waals surface area contributed by atoms with Gasteiger partial charge in [0.05, 0.1) is 17.5 Å². The molecular weight excluding hydrogens is 394 g/mol. The Labute approximate surface area is 181 Å². The molecule has 0 spiro atoms. The summed E-state index contributed by atoms with van der Waals surface area (Å²) in [4.78, 5) is 28.7. The lowest BCUT2D eigenvalue weighted by atomic mass is 9.64. The largest absolute Gasteiger partial charge is 0.274 e. The topological polar surface area (TPSA) is 37.4 Å². The van der Waals surface area contributed by atoms with Crippen molar-refractivity contribution in [2.24, 2.45) is 11.8 Å². The van der Waals surface area contributed by atoms with E-state index in [2.05, 4.69) is 24.3 Å². The number of carbonyl (C=O) groups excluding carboxylic acids is 2. The number of benzene rings is 3. The normalized spacial score (nSPS) is 26.0. The molecule has 0 radical (unpaired) electrons. The number of rotatable bonds is 3. The summed E-state index contributed by atoms with van der Waals surface area (Å²) in [5.41, 5.74) is 2.87. The van der Waals surface area contributed by atoms with Crippen LogP contribution in [0.2, 0.25) is 5.02 Å². The first kappa shape index (κ1) is 19.1. The Bertz CT molecular complexity index is 1000. The third-order valence-corrected chi connectivity index (χ3v) is 6.85. The second-order valence-electron chi connectivity index (χ2n) is 8.15. The Kier molecular flexibility index (Phi) is 4.92. The zero-order chi connectivity index (χ0) is 20.7. The van der Waals surface area contributed by atoms with E-state index in [9.17, 15) is 9.59 Å². The third-order valence-electron chi connectivity index (χ3n) is 6.59. The summed E-state index contributed by atoms with van der Waals surface area (Å²) in [7, 11) is 0. The van der Waals surface area contributed by atoms with Gasteiger partial charge in [0.15, 0.2) is 0 Å². The van der Waals surface area contributed by atoms with Crippen molar-refractivity contribution in [3.63, 3.8) is 0 Å². The standard InChI is InChI=1S/C26H22ClNO2/c27-19-11-13-20(14-12-19)28-25(29)23-21(17-7-3-1-4-8-17)15-16-22(24(23)26(28)30)18-9-5-2-6-10-18/h1-14,21-24H,15-16H2/t21-,22-,23+,24+/m0/s1. The van der Waals surface area contributed by atoms with Crippen molar-refractivity contribution in [2.45, 2.75) is 24.7 Å². The van der Waals surface area contributed by atoms with Gasteiger partial charge in [0, 0.05) is 5.02 Å². The van der Waals surface area contributed by atoms with Crippen LogP contribution in [0.15, 0.2) is 84.9 Å². The minimum atomic E-state index is -0.352. The predicted molar refractivity (Wildman–Crippen MR) is 119 cm³/mol. The Morgan fingerprint density at radius 1 is 0.633 bits per heavy atom. The highest BCUT2D eigenvalue weighted by atomic mass is 35.5. The summed E-state index contributed by atoms with van der Waals surface area (Å²) in [5.74, 6) is -0.803. The van der Waals surface area contributed by atoms with Gasteiger partial charge in [0.25, 0.3) is 0 Å². The molecule has 1 saturated carbocycles. The molecule has 4 atom stereocenters. The highest BCUT2D eigenvalue weighted by Gasteiger charge is 2.56. The monoisotopic (exact) mass is 415 g/mol. The molecule has 150 valence electrons. The van der Waals surface area contributed by atoms with Crippen LogP contribution in [0.5, 0.6) is 0 Å². The first-order valence-electron chi connectivity index (χ1n) is 10.4. The molecule has 4 heteroatoms. The molecule has 2 fully saturated rings. The number of amides is 2. The molecule has 2 amide bonds. The lowest BCUT2D eigenvalue weighted by molar-refractivity contribution is -0.122. The number of imide groups is 1. The predicted octanol–water partition coefficient (Wildman–Crippen LogP) is 5.81. The van der Waals surface area contributed by atoms with Crippen LogP contribution in [0.3, 0.4) is 0 Å². The Morgan fingerprint density at radius 2 is 1.07 bits per heavy atom. The van der Waals surface area contributed by atoms with Crippen LogP contribution in [-0.2, 0) is 9.59 Å². The van der Waals surface area contributed by atoms with Crippen molar-refractivity contribution in [2.75, 3.05) is 4.90 Å². The smallest absolute Gasteiger partial charge is 0.238 e. The SMILES string of the molecule is O=C1[C@H]2[C@H](C(=O)N1c1ccc(Cl)cc1)[C@H](c1ccccc1)CC[C@H]2c1ccccc1. The summed E-state index contributed by atoms with van der Waals surface area (Å²) in [5, 5.41) is 0.583. The number of carbonyl (C=O) groups is 2. The molecule has 3 nitrogen and oxygen atoms in total. The van der Waals surface area contributed by atoms with Crippen molar-refractivity contribution >= 4 is 29.1 Å². The van der Waals surface area contributed by atoms with Crippen molar-refractivity contribution in [1.82, 2.24) is 0 Å². The molecule has 2 aliphatic rings. The number of hydrogen-bond donors (Lipinski definition) is 0. The van der Waals surface area contributed by atoms with Crippen molar-refractivity contribution < 1.29 is 9.59 Å². The maximum Gasteiger partial charge on any atom is 0.238 e. The Morgan fingerprint density at radius 3 is 1.50 bits per heavy atom. The van der Waals surface area contributed by atoms with E-state index in [-0.39, 0.29) is 35.5 Å². The number of hydrogen-bond acceptors (Lipinski definition) is 2. The molecule has 0 bridgehead atoms. The molecule has 30 heavy (non-hydrogen) atoms. The lowest BCUT2D eigenvalue weighted by Crippen LogP contribution is -2.34. The molecule has 0 N–H and O–H groups in total. The van der Waals surface area contributed by atoms with Crippen LogP contribution in [0.25, 0.3) is 0 Å². The molecule has 1 aliphatic carbocycles. The van der Waals surface area contributed by atoms with Crippen LogP contribution in [-0.4, -0.2) is 11.8 Å². The Balaban J connectivity index is 1.60. The van der Waals surface area contributed by atoms with E-state index in [4.69, 9.17) is 11.6 Å². The second-order valence-corrected chi connectivity index (χ2v) is 8.59. The van der Waals surface area contributed by atoms with Crippen LogP contribution >= 0.6 is 11.6 Å². The van der Waals surface area contributed by atoms with Crippen LogP contribution in [0, 0.1) is 11.8 Å². The van der Waals surface area contributed by atoms with Gasteiger partial charge >= 0.3 is 0 Å². The Hall–Kier alpha value is -2.91. The molecular formula is C26H22ClNO2. The van der Waals surface area contributed by atoms with Crippen molar-refractivity contribution in [1.29, 1.82) is 0 Å². The number of halogens is 1. The minimum Gasteiger partial charge on any atom is -0.274 e. The van der Waals surface area contributed by atoms with Gasteiger partial charge < -0.3 is 0 Å². The average Bonchev–Trinajstić information content (AvgIpc) is 3.06. The summed E-state index contributed by atoms with van der Waals surface area (Å²) in [6, 6.07) is 27.3.